The third-order valence-corrected chi connectivity index (χ3v) is 15.1. The molecule has 244 valence electrons. The van der Waals surface area contributed by atoms with Gasteiger partial charge in [-0.15, -0.1) is 0 Å². The van der Waals surface area contributed by atoms with E-state index in [0.29, 0.717) is 35.5 Å². The molecule has 7 nitrogen and oxygen atoms in total. The molecule has 5 aliphatic carbocycles. The molecule has 0 saturated heterocycles. The van der Waals surface area contributed by atoms with Crippen LogP contribution in [0.5, 0.6) is 0 Å². The summed E-state index contributed by atoms with van der Waals surface area (Å²) in [6, 6.07) is 3.40. The summed E-state index contributed by atoms with van der Waals surface area (Å²) in [4.78, 5) is 38.2. The van der Waals surface area contributed by atoms with E-state index in [-0.39, 0.29) is 51.9 Å². The van der Waals surface area contributed by atoms with Crippen molar-refractivity contribution in [2.24, 2.45) is 62.6 Å². The van der Waals surface area contributed by atoms with Gasteiger partial charge in [-0.2, -0.15) is 0 Å². The van der Waals surface area contributed by atoms with Gasteiger partial charge in [0.05, 0.1) is 11.7 Å². The van der Waals surface area contributed by atoms with E-state index in [4.69, 9.17) is 9.15 Å². The molecule has 44 heavy (non-hydrogen) atoms. The number of hydrogen-bond donors (Lipinski definition) is 2. The molecule has 0 bridgehead atoms. The maximum absolute atomic E-state index is 13.9. The minimum Gasteiger partial charge on any atom is -0.480 e. The summed E-state index contributed by atoms with van der Waals surface area (Å²) in [6.07, 6.45) is 11.7. The van der Waals surface area contributed by atoms with Gasteiger partial charge in [0.2, 0.25) is 11.7 Å². The summed E-state index contributed by atoms with van der Waals surface area (Å²) in [7, 11) is 0. The Kier molecular flexibility index (Phi) is 7.64. The molecule has 0 unspecified atom stereocenters. The van der Waals surface area contributed by atoms with Gasteiger partial charge >= 0.3 is 11.9 Å². The summed E-state index contributed by atoms with van der Waals surface area (Å²) >= 11 is 0. The van der Waals surface area contributed by atoms with Gasteiger partial charge in [-0.3, -0.25) is 9.59 Å². The number of carbonyl (C=O) groups excluding carboxylic acids is 2. The lowest BCUT2D eigenvalue weighted by atomic mass is 9.32. The van der Waals surface area contributed by atoms with E-state index in [2.05, 4.69) is 53.8 Å². The molecule has 5 fully saturated rings. The van der Waals surface area contributed by atoms with Crippen molar-refractivity contribution in [2.45, 2.75) is 119 Å². The highest BCUT2D eigenvalue weighted by Crippen LogP contribution is 2.77. The number of nitrogens with one attached hydrogen (secondary N) is 1. The topological polar surface area (TPSA) is 106 Å². The van der Waals surface area contributed by atoms with Crippen LogP contribution in [0, 0.1) is 62.6 Å². The first kappa shape index (κ1) is 31.7. The van der Waals surface area contributed by atoms with Crippen molar-refractivity contribution in [1.29, 1.82) is 0 Å². The lowest BCUT2D eigenvalue weighted by Crippen LogP contribution is -2.67. The maximum atomic E-state index is 13.9. The largest absolute Gasteiger partial charge is 0.480 e. The molecule has 0 radical (unpaired) electrons. The molecular formula is C37H55NO6. The Morgan fingerprint density at radius 1 is 0.932 bits per heavy atom. The molecule has 1 amide bonds. The quantitative estimate of drug-likeness (QED) is 0.320. The number of aliphatic carboxylic acids is 1. The molecule has 0 spiro atoms. The fourth-order valence-electron chi connectivity index (χ4n) is 12.9. The van der Waals surface area contributed by atoms with Crippen LogP contribution < -0.4 is 5.32 Å². The zero-order valence-corrected chi connectivity index (χ0v) is 28.0. The lowest BCUT2D eigenvalue weighted by molar-refractivity contribution is -0.248. The number of furan rings is 1. The summed E-state index contributed by atoms with van der Waals surface area (Å²) in [5.74, 6) is 1.69. The van der Waals surface area contributed by atoms with E-state index < -0.39 is 11.4 Å². The van der Waals surface area contributed by atoms with Crippen molar-refractivity contribution in [3.63, 3.8) is 0 Å². The summed E-state index contributed by atoms with van der Waals surface area (Å²) < 4.78 is 11.5. The normalized spacial score (nSPS) is 44.1. The van der Waals surface area contributed by atoms with Gasteiger partial charge in [-0.05, 0) is 128 Å². The number of carboxylic acid groups (broad SMARTS) is 1. The van der Waals surface area contributed by atoms with Crippen molar-refractivity contribution in [1.82, 2.24) is 5.32 Å². The highest BCUT2D eigenvalue weighted by molar-refractivity contribution is 5.87. The van der Waals surface area contributed by atoms with Crippen molar-refractivity contribution in [3.05, 3.63) is 24.2 Å². The highest BCUT2D eigenvalue weighted by atomic mass is 16.6. The average Bonchev–Trinajstić information content (AvgIpc) is 3.63. The molecule has 0 aliphatic heterocycles. The number of hydrogen-bond acceptors (Lipinski definition) is 5. The van der Waals surface area contributed by atoms with Crippen LogP contribution in [0.25, 0.3) is 0 Å². The minimum absolute atomic E-state index is 0.0118. The SMILES string of the molecule is CC(C)[C@@H]1CC[C@]2(C(=O)NCC(=O)O)CC[C@]3(C)[C@H](CC[C@@H]4[C@@]5(C)CC[C@@H](OC(=O)c6ccco6)C(C)(C)[C@@H]5CC[C@]43C)[C@@H]12. The van der Waals surface area contributed by atoms with Crippen LogP contribution in [-0.2, 0) is 14.3 Å². The van der Waals surface area contributed by atoms with Crippen LogP contribution >= 0.6 is 0 Å². The van der Waals surface area contributed by atoms with Gasteiger partial charge in [-0.1, -0.05) is 48.5 Å². The Hall–Kier alpha value is -2.31. The Balaban J connectivity index is 1.29. The molecule has 5 saturated carbocycles. The number of rotatable bonds is 6. The van der Waals surface area contributed by atoms with Crippen molar-refractivity contribution >= 4 is 17.8 Å². The second-order valence-electron chi connectivity index (χ2n) is 17.1. The van der Waals surface area contributed by atoms with E-state index in [0.717, 1.165) is 57.8 Å². The maximum Gasteiger partial charge on any atom is 0.374 e. The van der Waals surface area contributed by atoms with E-state index in [1.165, 1.54) is 12.7 Å². The number of amides is 1. The van der Waals surface area contributed by atoms with E-state index in [9.17, 15) is 19.5 Å². The minimum atomic E-state index is -0.975. The molecule has 1 heterocycles. The van der Waals surface area contributed by atoms with Crippen LogP contribution in [0.2, 0.25) is 0 Å². The van der Waals surface area contributed by atoms with Gasteiger partial charge in [0.15, 0.2) is 0 Å². The van der Waals surface area contributed by atoms with Gasteiger partial charge in [0, 0.05) is 5.41 Å². The predicted octanol–water partition coefficient (Wildman–Crippen LogP) is 7.74. The molecular weight excluding hydrogens is 554 g/mol. The van der Waals surface area contributed by atoms with Crippen molar-refractivity contribution < 1.29 is 28.6 Å². The Morgan fingerprint density at radius 3 is 2.34 bits per heavy atom. The molecule has 10 atom stereocenters. The summed E-state index contributed by atoms with van der Waals surface area (Å²) in [5.41, 5.74) is -0.167. The Morgan fingerprint density at radius 2 is 1.68 bits per heavy atom. The molecule has 1 aromatic rings. The first-order valence-electron chi connectivity index (χ1n) is 17.4. The van der Waals surface area contributed by atoms with Crippen LogP contribution in [0.1, 0.15) is 123 Å². The Labute approximate surface area is 263 Å². The van der Waals surface area contributed by atoms with E-state index in [1.54, 1.807) is 12.1 Å². The van der Waals surface area contributed by atoms with Crippen molar-refractivity contribution in [3.8, 4) is 0 Å². The van der Waals surface area contributed by atoms with E-state index in [1.807, 2.05) is 0 Å². The number of fused-ring (bicyclic) bond motifs is 7. The third-order valence-electron chi connectivity index (χ3n) is 15.1. The van der Waals surface area contributed by atoms with Gasteiger partial charge in [0.1, 0.15) is 12.6 Å². The predicted molar refractivity (Wildman–Crippen MR) is 168 cm³/mol. The number of ether oxygens (including phenoxy) is 1. The monoisotopic (exact) mass is 609 g/mol. The van der Waals surface area contributed by atoms with Crippen LogP contribution in [0.4, 0.5) is 0 Å². The Bertz CT molecular complexity index is 1290. The first-order chi connectivity index (χ1) is 20.6. The number of carbonyl (C=O) groups is 3. The van der Waals surface area contributed by atoms with Crippen LogP contribution in [-0.4, -0.2) is 35.6 Å². The number of esters is 1. The van der Waals surface area contributed by atoms with Gasteiger partial charge in [0.25, 0.3) is 0 Å². The fraction of sp³-hybridized carbons (Fsp3) is 0.811. The van der Waals surface area contributed by atoms with Crippen LogP contribution in [0.15, 0.2) is 22.8 Å². The number of carboxylic acids is 1. The zero-order chi connectivity index (χ0) is 31.9. The molecule has 0 aromatic carbocycles. The summed E-state index contributed by atoms with van der Waals surface area (Å²) in [6.45, 7) is 16.7. The smallest absolute Gasteiger partial charge is 0.374 e. The molecule has 6 rings (SSSR count). The molecule has 5 aliphatic rings. The van der Waals surface area contributed by atoms with Gasteiger partial charge in [-0.25, -0.2) is 4.79 Å². The van der Waals surface area contributed by atoms with Crippen molar-refractivity contribution in [2.75, 3.05) is 6.54 Å². The second kappa shape index (κ2) is 10.6. The molecule has 1 aromatic heterocycles. The van der Waals surface area contributed by atoms with E-state index >= 15 is 0 Å². The van der Waals surface area contributed by atoms with Gasteiger partial charge < -0.3 is 19.6 Å². The first-order valence-corrected chi connectivity index (χ1v) is 17.4. The van der Waals surface area contributed by atoms with Crippen LogP contribution in [0.3, 0.4) is 0 Å². The standard InChI is InChI=1S/C37H55NO6/c1-22(2)23-12-17-37(32(42)38-21-29(39)40)19-18-35(6)24(30(23)37)10-11-27-34(5)15-14-28(44-31(41)25-9-8-20-43-25)33(3,4)26(34)13-16-36(27,35)7/h8-9,20,22-24,26-28,30H,10-19,21H2,1-7H3,(H,38,42)(H,39,40)/t23-,24+,26-,27+,28+,30+,34-,35+,36+,37-/m0/s1. The molecule has 7 heteroatoms. The lowest BCUT2D eigenvalue weighted by Gasteiger charge is -2.73. The second-order valence-corrected chi connectivity index (χ2v) is 17.1. The zero-order valence-electron chi connectivity index (χ0n) is 28.0. The summed E-state index contributed by atoms with van der Waals surface area (Å²) in [5, 5.41) is 12.2. The average molecular weight is 610 g/mol. The highest BCUT2D eigenvalue weighted by Gasteiger charge is 2.72. The fourth-order valence-corrected chi connectivity index (χ4v) is 12.9. The third kappa shape index (κ3) is 4.36. The molecule has 2 N–H and O–H groups in total.